The minimum atomic E-state index is -0.227. The van der Waals surface area contributed by atoms with Crippen molar-refractivity contribution in [3.8, 4) is 17.5 Å². The lowest BCUT2D eigenvalue weighted by molar-refractivity contribution is 0.311. The Morgan fingerprint density at radius 2 is 1.71 bits per heavy atom. The van der Waals surface area contributed by atoms with Crippen LogP contribution in [0.25, 0.3) is 27.6 Å². The van der Waals surface area contributed by atoms with Crippen molar-refractivity contribution in [2.24, 2.45) is 0 Å². The van der Waals surface area contributed by atoms with Gasteiger partial charge in [-0.15, -0.1) is 0 Å². The number of aromatic nitrogens is 4. The van der Waals surface area contributed by atoms with E-state index in [0.717, 1.165) is 64.9 Å². The van der Waals surface area contributed by atoms with E-state index in [2.05, 4.69) is 43.6 Å². The van der Waals surface area contributed by atoms with E-state index in [-0.39, 0.29) is 5.82 Å². The molecule has 1 fully saturated rings. The molecule has 0 atom stereocenters. The molecule has 35 heavy (non-hydrogen) atoms. The summed E-state index contributed by atoms with van der Waals surface area (Å²) in [5.74, 6) is 6.13. The first kappa shape index (κ1) is 21.3. The molecule has 0 bridgehead atoms. The summed E-state index contributed by atoms with van der Waals surface area (Å²) in [7, 11) is 2.09. The summed E-state index contributed by atoms with van der Waals surface area (Å²) in [6, 6.07) is 15.1. The SMILES string of the molecule is CN1CCN(c2ccc(-n3cnc4cnc5ccc(C#Cc6cccnc6)cc5c43)cc2F)CC1. The van der Waals surface area contributed by atoms with Crippen LogP contribution in [-0.2, 0) is 0 Å². The molecule has 0 radical (unpaired) electrons. The lowest BCUT2D eigenvalue weighted by Gasteiger charge is -2.34. The lowest BCUT2D eigenvalue weighted by atomic mass is 10.1. The van der Waals surface area contributed by atoms with Crippen molar-refractivity contribution in [3.63, 3.8) is 0 Å². The Morgan fingerprint density at radius 3 is 2.51 bits per heavy atom. The minimum absolute atomic E-state index is 0.227. The molecule has 5 aromatic rings. The van der Waals surface area contributed by atoms with Gasteiger partial charge in [-0.3, -0.25) is 14.5 Å². The third-order valence-electron chi connectivity index (χ3n) is 6.44. The maximum absolute atomic E-state index is 15.2. The predicted molar refractivity (Wildman–Crippen MR) is 136 cm³/mol. The second-order valence-corrected chi connectivity index (χ2v) is 8.76. The van der Waals surface area contributed by atoms with E-state index >= 15 is 4.39 Å². The third kappa shape index (κ3) is 4.09. The molecule has 0 unspecified atom stereocenters. The van der Waals surface area contributed by atoms with Crippen molar-refractivity contribution < 1.29 is 4.39 Å². The number of rotatable bonds is 2. The second kappa shape index (κ2) is 8.82. The van der Waals surface area contributed by atoms with Crippen LogP contribution in [0.4, 0.5) is 10.1 Å². The van der Waals surface area contributed by atoms with E-state index in [1.54, 1.807) is 31.0 Å². The summed E-state index contributed by atoms with van der Waals surface area (Å²) in [5, 5.41) is 0.918. The molecule has 1 aliphatic rings. The topological polar surface area (TPSA) is 50.1 Å². The van der Waals surface area contributed by atoms with Gasteiger partial charge in [-0.1, -0.05) is 11.8 Å². The van der Waals surface area contributed by atoms with Gasteiger partial charge in [-0.25, -0.2) is 9.37 Å². The van der Waals surface area contributed by atoms with E-state index in [4.69, 9.17) is 0 Å². The normalized spacial score (nSPS) is 14.3. The third-order valence-corrected chi connectivity index (χ3v) is 6.44. The number of benzene rings is 2. The highest BCUT2D eigenvalue weighted by Crippen LogP contribution is 2.29. The minimum Gasteiger partial charge on any atom is -0.367 e. The zero-order valence-corrected chi connectivity index (χ0v) is 19.3. The molecular formula is C28H23FN6. The Kier molecular flexibility index (Phi) is 5.36. The van der Waals surface area contributed by atoms with Gasteiger partial charge >= 0.3 is 0 Å². The van der Waals surface area contributed by atoms with Crippen molar-refractivity contribution in [1.82, 2.24) is 24.4 Å². The van der Waals surface area contributed by atoms with Gasteiger partial charge in [-0.2, -0.15) is 0 Å². The van der Waals surface area contributed by atoms with Crippen molar-refractivity contribution in [2.75, 3.05) is 38.1 Å². The predicted octanol–water partition coefficient (Wildman–Crippen LogP) is 4.26. The standard InChI is InChI=1S/C28H23FN6/c1-33-11-13-34(14-12-33)27-9-7-22(16-24(27)29)35-19-32-26-18-31-25-8-6-20(15-23(25)28(26)35)4-5-21-3-2-10-30-17-21/h2-3,6-10,15-19H,11-14H2,1H3. The number of halogens is 1. The van der Waals surface area contributed by atoms with Crippen LogP contribution < -0.4 is 4.90 Å². The van der Waals surface area contributed by atoms with Gasteiger partial charge in [0.25, 0.3) is 0 Å². The zero-order chi connectivity index (χ0) is 23.8. The molecule has 1 saturated heterocycles. The summed E-state index contributed by atoms with van der Waals surface area (Å²) in [5.41, 5.74) is 5.55. The molecule has 0 saturated carbocycles. The monoisotopic (exact) mass is 462 g/mol. The molecule has 0 spiro atoms. The quantitative estimate of drug-likeness (QED) is 0.367. The molecule has 6 nitrogen and oxygen atoms in total. The smallest absolute Gasteiger partial charge is 0.148 e. The number of anilines is 1. The van der Waals surface area contributed by atoms with Crippen LogP contribution in [0.2, 0.25) is 0 Å². The number of nitrogens with zero attached hydrogens (tertiary/aromatic N) is 6. The summed E-state index contributed by atoms with van der Waals surface area (Å²) < 4.78 is 17.2. The largest absolute Gasteiger partial charge is 0.367 e. The Bertz CT molecular complexity index is 1590. The molecule has 1 aliphatic heterocycles. The maximum atomic E-state index is 15.2. The van der Waals surface area contributed by atoms with E-state index in [1.165, 1.54) is 0 Å². The van der Waals surface area contributed by atoms with E-state index < -0.39 is 0 Å². The summed E-state index contributed by atoms with van der Waals surface area (Å²) in [6.45, 7) is 3.50. The molecule has 172 valence electrons. The Hall–Kier alpha value is -4.28. The Morgan fingerprint density at radius 1 is 0.857 bits per heavy atom. The fraction of sp³-hybridized carbons (Fsp3) is 0.179. The Balaban J connectivity index is 1.41. The van der Waals surface area contributed by atoms with E-state index in [1.807, 2.05) is 47.0 Å². The first-order valence-electron chi connectivity index (χ1n) is 11.6. The number of fused-ring (bicyclic) bond motifs is 3. The summed E-state index contributed by atoms with van der Waals surface area (Å²) in [4.78, 5) is 17.6. The highest BCUT2D eigenvalue weighted by molar-refractivity contribution is 6.03. The van der Waals surface area contributed by atoms with Gasteiger partial charge < -0.3 is 9.80 Å². The van der Waals surface area contributed by atoms with Crippen molar-refractivity contribution in [1.29, 1.82) is 0 Å². The average Bonchev–Trinajstić information content (AvgIpc) is 3.33. The van der Waals surface area contributed by atoms with Gasteiger partial charge in [0, 0.05) is 61.2 Å². The van der Waals surface area contributed by atoms with Crippen molar-refractivity contribution >= 4 is 27.6 Å². The summed E-state index contributed by atoms with van der Waals surface area (Å²) in [6.07, 6.45) is 6.95. The van der Waals surface area contributed by atoms with Crippen molar-refractivity contribution in [2.45, 2.75) is 0 Å². The number of imidazole rings is 1. The van der Waals surface area contributed by atoms with Gasteiger partial charge in [-0.05, 0) is 49.5 Å². The van der Waals surface area contributed by atoms with Crippen molar-refractivity contribution in [3.05, 3.63) is 90.4 Å². The highest BCUT2D eigenvalue weighted by atomic mass is 19.1. The second-order valence-electron chi connectivity index (χ2n) is 8.76. The zero-order valence-electron chi connectivity index (χ0n) is 19.3. The summed E-state index contributed by atoms with van der Waals surface area (Å²) >= 11 is 0. The lowest BCUT2D eigenvalue weighted by Crippen LogP contribution is -2.44. The van der Waals surface area contributed by atoms with E-state index in [0.29, 0.717) is 5.69 Å². The first-order valence-corrected chi connectivity index (χ1v) is 11.6. The first-order chi connectivity index (χ1) is 17.2. The number of piperazine rings is 1. The van der Waals surface area contributed by atoms with Crippen LogP contribution in [0.15, 0.2) is 73.4 Å². The van der Waals surface area contributed by atoms with Gasteiger partial charge in [0.1, 0.15) is 17.7 Å². The fourth-order valence-corrected chi connectivity index (χ4v) is 4.50. The fourth-order valence-electron chi connectivity index (χ4n) is 4.50. The molecule has 0 amide bonds. The molecule has 4 heterocycles. The van der Waals surface area contributed by atoms with Crippen LogP contribution in [0.5, 0.6) is 0 Å². The van der Waals surface area contributed by atoms with Gasteiger partial charge in [0.15, 0.2) is 0 Å². The Labute approximate surface area is 202 Å². The molecule has 7 heteroatoms. The molecular weight excluding hydrogens is 439 g/mol. The van der Waals surface area contributed by atoms with Crippen LogP contribution in [0, 0.1) is 17.7 Å². The number of likely N-dealkylation sites (N-methyl/N-ethyl adjacent to an activating group) is 1. The van der Waals surface area contributed by atoms with Crippen LogP contribution >= 0.6 is 0 Å². The highest BCUT2D eigenvalue weighted by Gasteiger charge is 2.18. The molecule has 0 aliphatic carbocycles. The molecule has 0 N–H and O–H groups in total. The number of hydrogen-bond donors (Lipinski definition) is 0. The number of hydrogen-bond acceptors (Lipinski definition) is 5. The molecule has 6 rings (SSSR count). The molecule has 2 aromatic carbocycles. The van der Waals surface area contributed by atoms with Crippen LogP contribution in [0.3, 0.4) is 0 Å². The van der Waals surface area contributed by atoms with E-state index in [9.17, 15) is 0 Å². The van der Waals surface area contributed by atoms with Crippen LogP contribution in [0.1, 0.15) is 11.1 Å². The van der Waals surface area contributed by atoms with Crippen LogP contribution in [-0.4, -0.2) is 57.6 Å². The van der Waals surface area contributed by atoms with Gasteiger partial charge in [0.05, 0.1) is 28.6 Å². The molecule has 3 aromatic heterocycles. The van der Waals surface area contributed by atoms with Gasteiger partial charge in [0.2, 0.25) is 0 Å². The maximum Gasteiger partial charge on any atom is 0.148 e. The number of pyridine rings is 2. The average molecular weight is 463 g/mol.